The molecule has 10 heteroatoms. The predicted molar refractivity (Wildman–Crippen MR) is 101 cm³/mol. The van der Waals surface area contributed by atoms with Crippen molar-refractivity contribution in [1.29, 1.82) is 0 Å². The molecular weight excluding hydrogens is 387 g/mol. The molecule has 29 heavy (non-hydrogen) atoms. The molecule has 0 aliphatic rings. The fraction of sp³-hybridized carbons (Fsp3) is 0.263. The Balaban J connectivity index is 2.13. The number of alkyl halides is 3. The van der Waals surface area contributed by atoms with Crippen LogP contribution in [0, 0.1) is 0 Å². The second kappa shape index (κ2) is 7.19. The molecule has 0 unspecified atom stereocenters. The Morgan fingerprint density at radius 2 is 1.93 bits per heavy atom. The molecule has 3 rings (SSSR count). The number of carbonyl (C=O) groups excluding carboxylic acids is 1. The van der Waals surface area contributed by atoms with Gasteiger partial charge in [-0.2, -0.15) is 13.2 Å². The van der Waals surface area contributed by atoms with Gasteiger partial charge in [0.15, 0.2) is 5.65 Å². The summed E-state index contributed by atoms with van der Waals surface area (Å²) in [7, 11) is 0. The zero-order chi connectivity index (χ0) is 21.4. The number of aromatic nitrogens is 4. The molecular formula is C19H18F3N5O2. The third-order valence-corrected chi connectivity index (χ3v) is 3.64. The highest BCUT2D eigenvalue weighted by Crippen LogP contribution is 2.34. The molecule has 0 aliphatic carbocycles. The first-order valence-electron chi connectivity index (χ1n) is 8.53. The van der Waals surface area contributed by atoms with Crippen LogP contribution < -0.4 is 10.5 Å². The van der Waals surface area contributed by atoms with Crippen molar-refractivity contribution in [2.24, 2.45) is 5.73 Å². The van der Waals surface area contributed by atoms with E-state index in [0.717, 1.165) is 12.1 Å². The number of aromatic amines is 1. The molecule has 0 saturated carbocycles. The first-order valence-corrected chi connectivity index (χ1v) is 8.53. The van der Waals surface area contributed by atoms with E-state index in [2.05, 4.69) is 19.9 Å². The molecule has 1 amide bonds. The van der Waals surface area contributed by atoms with Crippen molar-refractivity contribution >= 4 is 23.1 Å². The molecule has 0 spiro atoms. The molecule has 0 aliphatic heterocycles. The molecule has 0 atom stereocenters. The van der Waals surface area contributed by atoms with Gasteiger partial charge in [0.25, 0.3) is 0 Å². The topological polar surface area (TPSA) is 107 Å². The van der Waals surface area contributed by atoms with Crippen molar-refractivity contribution in [2.75, 3.05) is 0 Å². The van der Waals surface area contributed by atoms with Crippen LogP contribution >= 0.6 is 0 Å². The third-order valence-electron chi connectivity index (χ3n) is 3.64. The van der Waals surface area contributed by atoms with Crippen molar-refractivity contribution in [1.82, 2.24) is 19.9 Å². The number of halogens is 3. The number of nitrogens with two attached hydrogens (primary N) is 1. The van der Waals surface area contributed by atoms with E-state index in [1.54, 1.807) is 27.0 Å². The van der Waals surface area contributed by atoms with Gasteiger partial charge in [-0.25, -0.2) is 15.0 Å². The Morgan fingerprint density at radius 3 is 2.55 bits per heavy atom. The number of primary amides is 1. The fourth-order valence-electron chi connectivity index (χ4n) is 2.51. The average molecular weight is 405 g/mol. The van der Waals surface area contributed by atoms with Crippen LogP contribution in [0.1, 0.15) is 32.0 Å². The number of amides is 1. The van der Waals surface area contributed by atoms with Crippen molar-refractivity contribution in [3.8, 4) is 17.1 Å². The van der Waals surface area contributed by atoms with Crippen LogP contribution in [0.4, 0.5) is 13.2 Å². The molecule has 0 aromatic carbocycles. The standard InChI is InChI=1S/C19H18F3N5O2/c1-18(2,3)29-15-7-11(6-13(27-15)19(20,21)22)12-9-25-17-16(26-12)10(8-24-17)4-5-14(23)28/h4-9H,1-3H3,(H2,23,28)(H,24,25)/b5-4+. The minimum Gasteiger partial charge on any atom is -0.472 e. The van der Waals surface area contributed by atoms with Gasteiger partial charge in [-0.15, -0.1) is 0 Å². The molecule has 152 valence electrons. The maximum absolute atomic E-state index is 13.3. The summed E-state index contributed by atoms with van der Waals surface area (Å²) in [6.45, 7) is 5.12. The minimum absolute atomic E-state index is 0.145. The van der Waals surface area contributed by atoms with E-state index in [1.165, 1.54) is 18.3 Å². The van der Waals surface area contributed by atoms with Crippen LogP contribution in [0.2, 0.25) is 0 Å². The van der Waals surface area contributed by atoms with Gasteiger partial charge < -0.3 is 15.5 Å². The molecule has 3 aromatic rings. The Morgan fingerprint density at radius 1 is 1.21 bits per heavy atom. The lowest BCUT2D eigenvalue weighted by molar-refractivity contribution is -0.141. The number of fused-ring (bicyclic) bond motifs is 1. The summed E-state index contributed by atoms with van der Waals surface area (Å²) in [4.78, 5) is 26.0. The third kappa shape index (κ3) is 4.89. The van der Waals surface area contributed by atoms with Crippen LogP contribution in [0.3, 0.4) is 0 Å². The fourth-order valence-corrected chi connectivity index (χ4v) is 2.51. The van der Waals surface area contributed by atoms with E-state index < -0.39 is 23.4 Å². The molecule has 0 fully saturated rings. The van der Waals surface area contributed by atoms with Gasteiger partial charge in [0.05, 0.1) is 11.9 Å². The zero-order valence-electron chi connectivity index (χ0n) is 15.8. The highest BCUT2D eigenvalue weighted by Gasteiger charge is 2.34. The number of nitrogens with zero attached hydrogens (tertiary/aromatic N) is 3. The average Bonchev–Trinajstić information content (AvgIpc) is 2.99. The molecule has 3 heterocycles. The maximum Gasteiger partial charge on any atom is 0.433 e. The summed E-state index contributed by atoms with van der Waals surface area (Å²) < 4.78 is 45.5. The lowest BCUT2D eigenvalue weighted by atomic mass is 10.1. The van der Waals surface area contributed by atoms with E-state index in [4.69, 9.17) is 10.5 Å². The van der Waals surface area contributed by atoms with E-state index in [1.807, 2.05) is 0 Å². The molecule has 0 radical (unpaired) electrons. The number of H-pyrrole nitrogens is 1. The first-order chi connectivity index (χ1) is 13.4. The lowest BCUT2D eigenvalue weighted by Gasteiger charge is -2.21. The van der Waals surface area contributed by atoms with Crippen LogP contribution in [-0.4, -0.2) is 31.4 Å². The predicted octanol–water partition coefficient (Wildman–Crippen LogP) is 3.71. The number of ether oxygens (including phenoxy) is 1. The van der Waals surface area contributed by atoms with Gasteiger partial charge in [0.2, 0.25) is 11.8 Å². The summed E-state index contributed by atoms with van der Waals surface area (Å²) in [6.07, 6.45) is 0.849. The number of nitrogens with one attached hydrogen (secondary N) is 1. The summed E-state index contributed by atoms with van der Waals surface area (Å²) in [5, 5.41) is 0. The minimum atomic E-state index is -4.66. The Kier molecular flexibility index (Phi) is 5.04. The number of pyridine rings is 1. The summed E-state index contributed by atoms with van der Waals surface area (Å²) in [6, 6.07) is 2.26. The van der Waals surface area contributed by atoms with E-state index in [9.17, 15) is 18.0 Å². The van der Waals surface area contributed by atoms with Gasteiger partial charge in [-0.3, -0.25) is 4.79 Å². The number of hydrogen-bond acceptors (Lipinski definition) is 5. The van der Waals surface area contributed by atoms with Gasteiger partial charge in [0.1, 0.15) is 16.8 Å². The van der Waals surface area contributed by atoms with Crippen molar-refractivity contribution in [3.63, 3.8) is 0 Å². The van der Waals surface area contributed by atoms with Crippen LogP contribution in [0.25, 0.3) is 28.5 Å². The smallest absolute Gasteiger partial charge is 0.433 e. The normalized spacial score (nSPS) is 12.6. The van der Waals surface area contributed by atoms with Crippen molar-refractivity contribution < 1.29 is 22.7 Å². The van der Waals surface area contributed by atoms with E-state index in [0.29, 0.717) is 16.7 Å². The highest BCUT2D eigenvalue weighted by atomic mass is 19.4. The number of carbonyl (C=O) groups is 1. The van der Waals surface area contributed by atoms with Crippen LogP contribution in [0.5, 0.6) is 5.88 Å². The monoisotopic (exact) mass is 405 g/mol. The van der Waals surface area contributed by atoms with Gasteiger partial charge in [-0.05, 0) is 32.9 Å². The highest BCUT2D eigenvalue weighted by molar-refractivity contribution is 5.93. The SMILES string of the molecule is CC(C)(C)Oc1cc(-c2cnc3[nH]cc(/C=C/C(N)=O)c3n2)cc(C(F)(F)F)n1. The van der Waals surface area contributed by atoms with E-state index >= 15 is 0 Å². The lowest BCUT2D eigenvalue weighted by Crippen LogP contribution is -2.24. The molecule has 3 N–H and O–H groups in total. The molecule has 3 aromatic heterocycles. The maximum atomic E-state index is 13.3. The second-order valence-corrected chi connectivity index (χ2v) is 7.22. The summed E-state index contributed by atoms with van der Waals surface area (Å²) in [5.74, 6) is -0.816. The Labute approximate surface area is 163 Å². The largest absolute Gasteiger partial charge is 0.472 e. The Bertz CT molecular complexity index is 1100. The Hall–Kier alpha value is -3.43. The second-order valence-electron chi connectivity index (χ2n) is 7.22. The van der Waals surface area contributed by atoms with Crippen LogP contribution in [0.15, 0.2) is 30.6 Å². The number of rotatable bonds is 4. The van der Waals surface area contributed by atoms with Gasteiger partial charge in [-0.1, -0.05) is 0 Å². The molecule has 0 saturated heterocycles. The number of hydrogen-bond donors (Lipinski definition) is 2. The zero-order valence-corrected chi connectivity index (χ0v) is 15.8. The molecule has 7 nitrogen and oxygen atoms in total. The van der Waals surface area contributed by atoms with Crippen molar-refractivity contribution in [2.45, 2.75) is 32.5 Å². The quantitative estimate of drug-likeness (QED) is 0.644. The molecule has 0 bridgehead atoms. The summed E-state index contributed by atoms with van der Waals surface area (Å²) in [5.41, 5.74) is 4.91. The van der Waals surface area contributed by atoms with Crippen molar-refractivity contribution in [3.05, 3.63) is 41.9 Å². The van der Waals surface area contributed by atoms with Gasteiger partial charge >= 0.3 is 6.18 Å². The first kappa shape index (κ1) is 20.3. The summed E-state index contributed by atoms with van der Waals surface area (Å²) >= 11 is 0. The van der Waals surface area contributed by atoms with Crippen LogP contribution in [-0.2, 0) is 11.0 Å². The van der Waals surface area contributed by atoms with Gasteiger partial charge in [0, 0.05) is 29.5 Å². The van der Waals surface area contributed by atoms with E-state index in [-0.39, 0.29) is 17.1 Å².